The summed E-state index contributed by atoms with van der Waals surface area (Å²) in [5.41, 5.74) is 10.5. The van der Waals surface area contributed by atoms with Gasteiger partial charge in [0.2, 0.25) is 17.7 Å². The van der Waals surface area contributed by atoms with Gasteiger partial charge >= 0.3 is 0 Å². The maximum Gasteiger partial charge on any atom is 0.244 e. The van der Waals surface area contributed by atoms with Crippen molar-refractivity contribution in [3.8, 4) is 0 Å². The predicted molar refractivity (Wildman–Crippen MR) is 59.3 cm³/mol. The van der Waals surface area contributed by atoms with Gasteiger partial charge in [-0.15, -0.1) is 0 Å². The minimum atomic E-state index is -0.976. The highest BCUT2D eigenvalue weighted by Crippen LogP contribution is 2.46. The van der Waals surface area contributed by atoms with Crippen LogP contribution in [0.25, 0.3) is 0 Å². The van der Waals surface area contributed by atoms with Crippen molar-refractivity contribution in [2.45, 2.75) is 38.1 Å². The number of hydrogen-bond donors (Lipinski definition) is 3. The Kier molecular flexibility index (Phi) is 2.91. The molecule has 0 radical (unpaired) electrons. The number of hydrogen-bond acceptors (Lipinski definition) is 4. The van der Waals surface area contributed by atoms with Gasteiger partial charge in [0.05, 0.1) is 6.04 Å². The lowest BCUT2D eigenvalue weighted by Crippen LogP contribution is -2.67. The Bertz CT molecular complexity index is 374. The number of piperidine rings is 1. The average molecular weight is 239 g/mol. The first-order valence-corrected chi connectivity index (χ1v) is 5.88. The minimum Gasteiger partial charge on any atom is -0.369 e. The smallest absolute Gasteiger partial charge is 0.244 e. The molecule has 1 saturated carbocycles. The van der Waals surface area contributed by atoms with E-state index < -0.39 is 35.1 Å². The summed E-state index contributed by atoms with van der Waals surface area (Å²) < 4.78 is 0. The number of nitrogens with one attached hydrogen (secondary N) is 1. The van der Waals surface area contributed by atoms with Gasteiger partial charge in [-0.25, -0.2) is 0 Å². The first kappa shape index (κ1) is 12.0. The summed E-state index contributed by atoms with van der Waals surface area (Å²) in [7, 11) is 0. The molecule has 1 spiro atoms. The van der Waals surface area contributed by atoms with Crippen molar-refractivity contribution in [1.29, 1.82) is 0 Å². The largest absolute Gasteiger partial charge is 0.369 e. The van der Waals surface area contributed by atoms with Gasteiger partial charge in [-0.2, -0.15) is 0 Å². The fraction of sp³-hybridized carbons (Fsp3) is 0.727. The molecule has 1 saturated heterocycles. The zero-order valence-corrected chi connectivity index (χ0v) is 9.57. The lowest BCUT2D eigenvalue weighted by Gasteiger charge is -2.47. The van der Waals surface area contributed by atoms with Gasteiger partial charge in [-0.05, 0) is 12.8 Å². The summed E-state index contributed by atoms with van der Waals surface area (Å²) >= 11 is 0. The van der Waals surface area contributed by atoms with Gasteiger partial charge in [-0.3, -0.25) is 19.7 Å². The van der Waals surface area contributed by atoms with E-state index in [1.54, 1.807) is 0 Å². The van der Waals surface area contributed by atoms with Crippen molar-refractivity contribution in [2.75, 3.05) is 0 Å². The van der Waals surface area contributed by atoms with Crippen molar-refractivity contribution >= 4 is 17.7 Å². The van der Waals surface area contributed by atoms with E-state index in [9.17, 15) is 14.4 Å². The first-order chi connectivity index (χ1) is 7.99. The summed E-state index contributed by atoms with van der Waals surface area (Å²) in [6.45, 7) is 0. The van der Waals surface area contributed by atoms with E-state index in [1.165, 1.54) is 0 Å². The molecule has 0 aromatic rings. The molecule has 2 aliphatic rings. The van der Waals surface area contributed by atoms with Gasteiger partial charge in [0, 0.05) is 5.41 Å². The second kappa shape index (κ2) is 4.10. The van der Waals surface area contributed by atoms with Crippen LogP contribution in [0.2, 0.25) is 0 Å². The minimum absolute atomic E-state index is 0.491. The van der Waals surface area contributed by atoms with Gasteiger partial charge in [0.25, 0.3) is 0 Å². The lowest BCUT2D eigenvalue weighted by molar-refractivity contribution is -0.152. The average Bonchev–Trinajstić information content (AvgIpc) is 2.27. The summed E-state index contributed by atoms with van der Waals surface area (Å²) in [4.78, 5) is 34.9. The monoisotopic (exact) mass is 239 g/mol. The Morgan fingerprint density at radius 1 is 1.18 bits per heavy atom. The maximum absolute atomic E-state index is 11.8. The van der Waals surface area contributed by atoms with Crippen molar-refractivity contribution in [2.24, 2.45) is 22.8 Å². The van der Waals surface area contributed by atoms with Crippen LogP contribution >= 0.6 is 0 Å². The molecule has 6 heteroatoms. The second-order valence-electron chi connectivity index (χ2n) is 4.96. The summed E-state index contributed by atoms with van der Waals surface area (Å²) in [5, 5.41) is 2.13. The van der Waals surface area contributed by atoms with Crippen LogP contribution < -0.4 is 16.8 Å². The van der Waals surface area contributed by atoms with E-state index >= 15 is 0 Å². The van der Waals surface area contributed by atoms with E-state index in [2.05, 4.69) is 5.32 Å². The quantitative estimate of drug-likeness (QED) is 0.403. The lowest BCUT2D eigenvalue weighted by atomic mass is 9.59. The third-order valence-corrected chi connectivity index (χ3v) is 4.05. The van der Waals surface area contributed by atoms with E-state index in [0.717, 1.165) is 19.3 Å². The van der Waals surface area contributed by atoms with Crippen molar-refractivity contribution < 1.29 is 14.4 Å². The topological polar surface area (TPSA) is 115 Å². The number of nitrogens with two attached hydrogens (primary N) is 2. The van der Waals surface area contributed by atoms with Crippen LogP contribution in [0.3, 0.4) is 0 Å². The molecule has 0 aromatic carbocycles. The van der Waals surface area contributed by atoms with E-state index in [-0.39, 0.29) is 0 Å². The zero-order valence-electron chi connectivity index (χ0n) is 9.57. The predicted octanol–water partition coefficient (Wildman–Crippen LogP) is -0.978. The number of amides is 3. The number of carbonyl (C=O) groups excluding carboxylic acids is 3. The highest BCUT2D eigenvalue weighted by atomic mass is 16.2. The van der Waals surface area contributed by atoms with Crippen LogP contribution in [0.15, 0.2) is 0 Å². The Labute approximate surface area is 99.1 Å². The van der Waals surface area contributed by atoms with Crippen LogP contribution in [0.5, 0.6) is 0 Å². The molecule has 94 valence electrons. The Hall–Kier alpha value is -1.43. The SMILES string of the molecule is NC(=O)C1C(=O)NC(=O)C(N)C12CCCCC2. The third kappa shape index (κ3) is 1.72. The highest BCUT2D eigenvalue weighted by Gasteiger charge is 2.56. The van der Waals surface area contributed by atoms with E-state index in [4.69, 9.17) is 11.5 Å². The summed E-state index contributed by atoms with van der Waals surface area (Å²) in [6.07, 6.45) is 4.01. The number of rotatable bonds is 1. The molecule has 2 fully saturated rings. The molecule has 1 heterocycles. The molecule has 17 heavy (non-hydrogen) atoms. The summed E-state index contributed by atoms with van der Waals surface area (Å²) in [6, 6.07) is -0.821. The second-order valence-corrected chi connectivity index (χ2v) is 4.96. The normalized spacial score (nSPS) is 32.3. The van der Waals surface area contributed by atoms with Gasteiger partial charge in [-0.1, -0.05) is 19.3 Å². The molecule has 0 bridgehead atoms. The van der Waals surface area contributed by atoms with Crippen molar-refractivity contribution in [3.05, 3.63) is 0 Å². The fourth-order valence-corrected chi connectivity index (χ4v) is 3.20. The molecule has 1 aliphatic carbocycles. The highest BCUT2D eigenvalue weighted by molar-refractivity contribution is 6.11. The standard InChI is InChI=1S/C11H17N3O3/c12-7-10(17)14-9(16)6(8(13)15)11(7)4-2-1-3-5-11/h6-7H,1-5,12H2,(H2,13,15)(H,14,16,17). The molecule has 1 aliphatic heterocycles. The van der Waals surface area contributed by atoms with Crippen LogP contribution in [-0.4, -0.2) is 23.8 Å². The zero-order chi connectivity index (χ0) is 12.6. The molecule has 2 atom stereocenters. The van der Waals surface area contributed by atoms with Crippen LogP contribution in [0.1, 0.15) is 32.1 Å². The van der Waals surface area contributed by atoms with Crippen molar-refractivity contribution in [3.63, 3.8) is 0 Å². The number of imide groups is 1. The Morgan fingerprint density at radius 2 is 1.76 bits per heavy atom. The molecule has 6 nitrogen and oxygen atoms in total. The van der Waals surface area contributed by atoms with Crippen LogP contribution in [0.4, 0.5) is 0 Å². The molecule has 2 rings (SSSR count). The van der Waals surface area contributed by atoms with E-state index in [1.807, 2.05) is 0 Å². The maximum atomic E-state index is 11.8. The Morgan fingerprint density at radius 3 is 2.29 bits per heavy atom. The third-order valence-electron chi connectivity index (χ3n) is 4.05. The first-order valence-electron chi connectivity index (χ1n) is 5.88. The number of primary amides is 1. The molecular formula is C11H17N3O3. The molecule has 0 aromatic heterocycles. The van der Waals surface area contributed by atoms with Crippen LogP contribution in [-0.2, 0) is 14.4 Å². The molecular weight excluding hydrogens is 222 g/mol. The van der Waals surface area contributed by atoms with Crippen molar-refractivity contribution in [1.82, 2.24) is 5.32 Å². The number of carbonyl (C=O) groups is 3. The molecule has 5 N–H and O–H groups in total. The molecule has 2 unspecified atom stereocenters. The van der Waals surface area contributed by atoms with E-state index in [0.29, 0.717) is 12.8 Å². The van der Waals surface area contributed by atoms with Crippen LogP contribution in [0, 0.1) is 11.3 Å². The van der Waals surface area contributed by atoms with Gasteiger partial charge in [0.15, 0.2) is 0 Å². The summed E-state index contributed by atoms with van der Waals surface area (Å²) in [5.74, 6) is -2.75. The molecule has 3 amide bonds. The fourth-order valence-electron chi connectivity index (χ4n) is 3.20. The van der Waals surface area contributed by atoms with Gasteiger partial charge < -0.3 is 11.5 Å². The van der Waals surface area contributed by atoms with Gasteiger partial charge in [0.1, 0.15) is 5.92 Å². The Balaban J connectivity index is 2.42.